The predicted molar refractivity (Wildman–Crippen MR) is 93.5 cm³/mol. The second-order valence-electron chi connectivity index (χ2n) is 6.49. The van der Waals surface area contributed by atoms with E-state index in [1.54, 1.807) is 7.11 Å². The molecule has 0 heterocycles. The molecule has 0 aliphatic heterocycles. The standard InChI is InChI=1S/C19H23NO.ClH/c1-18(2)17(13-21-3)15-11-7-8-12-16(15)19(18,20)14-9-5-4-6-10-14;/h4-12,17H,13,20H2,1-3H3;1H/t17-,19+;/m1./s1. The molecule has 0 aromatic heterocycles. The third kappa shape index (κ3) is 2.18. The Morgan fingerprint density at radius 1 is 1.00 bits per heavy atom. The van der Waals surface area contributed by atoms with Crippen LogP contribution in [0, 0.1) is 5.41 Å². The van der Waals surface area contributed by atoms with Gasteiger partial charge < -0.3 is 10.5 Å². The highest BCUT2D eigenvalue weighted by atomic mass is 35.5. The summed E-state index contributed by atoms with van der Waals surface area (Å²) in [6.07, 6.45) is 0. The van der Waals surface area contributed by atoms with Gasteiger partial charge in [0.15, 0.2) is 0 Å². The quantitative estimate of drug-likeness (QED) is 0.925. The molecular formula is C19H24ClNO. The van der Waals surface area contributed by atoms with E-state index in [-0.39, 0.29) is 17.8 Å². The smallest absolute Gasteiger partial charge is 0.0726 e. The normalized spacial score (nSPS) is 25.4. The Kier molecular flexibility index (Phi) is 4.67. The average Bonchev–Trinajstić information content (AvgIpc) is 2.68. The molecule has 0 saturated carbocycles. The summed E-state index contributed by atoms with van der Waals surface area (Å²) in [6.45, 7) is 5.20. The molecule has 1 aliphatic carbocycles. The Labute approximate surface area is 139 Å². The molecule has 0 spiro atoms. The molecule has 0 bridgehead atoms. The van der Waals surface area contributed by atoms with Crippen molar-refractivity contribution >= 4 is 12.4 Å². The van der Waals surface area contributed by atoms with Gasteiger partial charge in [-0.25, -0.2) is 0 Å². The van der Waals surface area contributed by atoms with Crippen LogP contribution in [0.25, 0.3) is 0 Å². The SMILES string of the molecule is COC[C@@H]1c2ccccc2[C@@](N)(c2ccccc2)C1(C)C.Cl. The average molecular weight is 318 g/mol. The lowest BCUT2D eigenvalue weighted by molar-refractivity contribution is 0.0998. The molecule has 0 unspecified atom stereocenters. The van der Waals surface area contributed by atoms with Gasteiger partial charge in [0.25, 0.3) is 0 Å². The van der Waals surface area contributed by atoms with Crippen LogP contribution < -0.4 is 5.73 Å². The Balaban J connectivity index is 0.00000176. The molecule has 0 amide bonds. The van der Waals surface area contributed by atoms with Crippen LogP contribution in [0.4, 0.5) is 0 Å². The lowest BCUT2D eigenvalue weighted by Crippen LogP contribution is -2.49. The minimum Gasteiger partial charge on any atom is -0.384 e. The number of hydrogen-bond acceptors (Lipinski definition) is 2. The number of hydrogen-bond donors (Lipinski definition) is 1. The van der Waals surface area contributed by atoms with E-state index in [0.29, 0.717) is 12.5 Å². The second-order valence-corrected chi connectivity index (χ2v) is 6.49. The molecule has 1 aliphatic rings. The van der Waals surface area contributed by atoms with Gasteiger partial charge in [-0.1, -0.05) is 68.4 Å². The van der Waals surface area contributed by atoms with E-state index < -0.39 is 5.54 Å². The number of fused-ring (bicyclic) bond motifs is 1. The van der Waals surface area contributed by atoms with Crippen LogP contribution in [-0.2, 0) is 10.3 Å². The molecule has 3 heteroatoms. The maximum atomic E-state index is 7.03. The number of benzene rings is 2. The first kappa shape index (κ1) is 17.0. The summed E-state index contributed by atoms with van der Waals surface area (Å²) in [7, 11) is 1.76. The van der Waals surface area contributed by atoms with Crippen LogP contribution in [0.1, 0.15) is 36.5 Å². The van der Waals surface area contributed by atoms with E-state index in [0.717, 1.165) is 0 Å². The van der Waals surface area contributed by atoms with Crippen molar-refractivity contribution in [2.24, 2.45) is 11.1 Å². The number of rotatable bonds is 3. The predicted octanol–water partition coefficient (Wildman–Crippen LogP) is 4.08. The number of halogens is 1. The van der Waals surface area contributed by atoms with Gasteiger partial charge in [0.2, 0.25) is 0 Å². The van der Waals surface area contributed by atoms with E-state index in [1.165, 1.54) is 16.7 Å². The molecule has 2 aromatic carbocycles. The van der Waals surface area contributed by atoms with E-state index in [9.17, 15) is 0 Å². The molecule has 0 saturated heterocycles. The Hall–Kier alpha value is -1.35. The van der Waals surface area contributed by atoms with Gasteiger partial charge in [-0.05, 0) is 16.7 Å². The third-order valence-electron chi connectivity index (χ3n) is 5.21. The second kappa shape index (κ2) is 6.04. The maximum absolute atomic E-state index is 7.03. The fourth-order valence-electron chi connectivity index (χ4n) is 3.86. The third-order valence-corrected chi connectivity index (χ3v) is 5.21. The van der Waals surface area contributed by atoms with Gasteiger partial charge in [-0.15, -0.1) is 12.4 Å². The fourth-order valence-corrected chi connectivity index (χ4v) is 3.86. The van der Waals surface area contributed by atoms with Gasteiger partial charge in [-0.2, -0.15) is 0 Å². The molecule has 22 heavy (non-hydrogen) atoms. The molecular weight excluding hydrogens is 294 g/mol. The van der Waals surface area contributed by atoms with Crippen molar-refractivity contribution < 1.29 is 4.74 Å². The lowest BCUT2D eigenvalue weighted by Gasteiger charge is -2.42. The highest BCUT2D eigenvalue weighted by Gasteiger charge is 2.56. The van der Waals surface area contributed by atoms with E-state index in [2.05, 4.69) is 62.4 Å². The minimum atomic E-state index is -0.492. The maximum Gasteiger partial charge on any atom is 0.0726 e. The van der Waals surface area contributed by atoms with Crippen LogP contribution in [0.15, 0.2) is 54.6 Å². The Morgan fingerprint density at radius 3 is 2.23 bits per heavy atom. The molecule has 0 radical (unpaired) electrons. The molecule has 118 valence electrons. The first-order valence-corrected chi connectivity index (χ1v) is 7.46. The van der Waals surface area contributed by atoms with Gasteiger partial charge in [0, 0.05) is 18.4 Å². The van der Waals surface area contributed by atoms with Crippen molar-refractivity contribution in [3.8, 4) is 0 Å². The number of nitrogens with two attached hydrogens (primary N) is 1. The van der Waals surface area contributed by atoms with Gasteiger partial charge in [-0.3, -0.25) is 0 Å². The van der Waals surface area contributed by atoms with Crippen molar-refractivity contribution in [3.05, 3.63) is 71.3 Å². The van der Waals surface area contributed by atoms with Crippen molar-refractivity contribution in [3.63, 3.8) is 0 Å². The van der Waals surface area contributed by atoms with E-state index in [4.69, 9.17) is 10.5 Å². The Morgan fingerprint density at radius 2 is 1.59 bits per heavy atom. The number of ether oxygens (including phenoxy) is 1. The van der Waals surface area contributed by atoms with Crippen molar-refractivity contribution in [1.82, 2.24) is 0 Å². The van der Waals surface area contributed by atoms with Crippen LogP contribution in [0.5, 0.6) is 0 Å². The molecule has 0 fully saturated rings. The first-order chi connectivity index (χ1) is 10.0. The van der Waals surface area contributed by atoms with Gasteiger partial charge >= 0.3 is 0 Å². The molecule has 2 atom stereocenters. The van der Waals surface area contributed by atoms with Gasteiger partial charge in [0.05, 0.1) is 12.1 Å². The molecule has 2 aromatic rings. The summed E-state index contributed by atoms with van der Waals surface area (Å²) in [6, 6.07) is 19.0. The summed E-state index contributed by atoms with van der Waals surface area (Å²) < 4.78 is 5.49. The van der Waals surface area contributed by atoms with Crippen molar-refractivity contribution in [2.75, 3.05) is 13.7 Å². The molecule has 2 nitrogen and oxygen atoms in total. The summed E-state index contributed by atoms with van der Waals surface area (Å²) in [5.74, 6) is 0.295. The van der Waals surface area contributed by atoms with Crippen LogP contribution >= 0.6 is 12.4 Å². The van der Waals surface area contributed by atoms with Crippen LogP contribution in [0.3, 0.4) is 0 Å². The van der Waals surface area contributed by atoms with Crippen LogP contribution in [-0.4, -0.2) is 13.7 Å². The number of methoxy groups -OCH3 is 1. The first-order valence-electron chi connectivity index (χ1n) is 7.46. The summed E-state index contributed by atoms with van der Waals surface area (Å²) in [4.78, 5) is 0. The Bertz CT molecular complexity index is 641. The van der Waals surface area contributed by atoms with E-state index >= 15 is 0 Å². The topological polar surface area (TPSA) is 35.2 Å². The zero-order valence-electron chi connectivity index (χ0n) is 13.4. The zero-order chi connectivity index (χ0) is 15.1. The van der Waals surface area contributed by atoms with E-state index in [1.807, 2.05) is 6.07 Å². The molecule has 3 rings (SSSR count). The van der Waals surface area contributed by atoms with Crippen molar-refractivity contribution in [2.45, 2.75) is 25.3 Å². The monoisotopic (exact) mass is 317 g/mol. The van der Waals surface area contributed by atoms with Crippen molar-refractivity contribution in [1.29, 1.82) is 0 Å². The largest absolute Gasteiger partial charge is 0.384 e. The zero-order valence-corrected chi connectivity index (χ0v) is 14.2. The minimum absolute atomic E-state index is 0. The highest BCUT2D eigenvalue weighted by Crippen LogP contribution is 2.58. The lowest BCUT2D eigenvalue weighted by atomic mass is 9.66. The van der Waals surface area contributed by atoms with Gasteiger partial charge in [0.1, 0.15) is 0 Å². The highest BCUT2D eigenvalue weighted by molar-refractivity contribution is 5.85. The summed E-state index contributed by atoms with van der Waals surface area (Å²) >= 11 is 0. The van der Waals surface area contributed by atoms with Crippen LogP contribution in [0.2, 0.25) is 0 Å². The summed E-state index contributed by atoms with van der Waals surface area (Å²) in [5.41, 5.74) is 10.1. The summed E-state index contributed by atoms with van der Waals surface area (Å²) in [5, 5.41) is 0. The fraction of sp³-hybridized carbons (Fsp3) is 0.368. The molecule has 2 N–H and O–H groups in total.